The van der Waals surface area contributed by atoms with Crippen LogP contribution in [0.5, 0.6) is 0 Å². The van der Waals surface area contributed by atoms with Crippen LogP contribution in [0.1, 0.15) is 24.0 Å². The molecule has 1 fully saturated rings. The zero-order chi connectivity index (χ0) is 22.8. The van der Waals surface area contributed by atoms with Crippen molar-refractivity contribution in [3.63, 3.8) is 0 Å². The van der Waals surface area contributed by atoms with Gasteiger partial charge < -0.3 is 0 Å². The van der Waals surface area contributed by atoms with Gasteiger partial charge in [0, 0.05) is 6.54 Å². The Balaban J connectivity index is 1.87. The van der Waals surface area contributed by atoms with Crippen LogP contribution < -0.4 is 0 Å². The van der Waals surface area contributed by atoms with Crippen LogP contribution in [0.15, 0.2) is 61.2 Å². The molecule has 1 heterocycles. The Morgan fingerprint density at radius 1 is 1.13 bits per heavy atom. The summed E-state index contributed by atoms with van der Waals surface area (Å²) in [5.41, 5.74) is 1.30. The lowest BCUT2D eigenvalue weighted by Crippen LogP contribution is -2.63. The molecule has 2 aromatic carbocycles. The molecule has 5 nitrogen and oxygen atoms in total. The molecule has 0 amide bonds. The third kappa shape index (κ3) is 4.82. The quantitative estimate of drug-likeness (QED) is 0.458. The molecule has 9 heteroatoms. The van der Waals surface area contributed by atoms with Crippen LogP contribution in [0, 0.1) is 11.3 Å². The first-order valence-electron chi connectivity index (χ1n) is 9.56. The van der Waals surface area contributed by atoms with Gasteiger partial charge in [0.05, 0.1) is 23.3 Å². The van der Waals surface area contributed by atoms with Crippen LogP contribution in [0.25, 0.3) is 11.1 Å². The van der Waals surface area contributed by atoms with E-state index in [1.54, 1.807) is 35.2 Å². The van der Waals surface area contributed by atoms with Crippen LogP contribution in [0.3, 0.4) is 0 Å². The summed E-state index contributed by atoms with van der Waals surface area (Å²) >= 11 is 0. The molecular formula is C22H21F3N2O3S. The summed E-state index contributed by atoms with van der Waals surface area (Å²) in [6.07, 6.45) is -3.66. The molecule has 0 saturated carbocycles. The Morgan fingerprint density at radius 2 is 1.68 bits per heavy atom. The van der Waals surface area contributed by atoms with Crippen molar-refractivity contribution in [1.29, 1.82) is 5.26 Å². The Labute approximate surface area is 179 Å². The van der Waals surface area contributed by atoms with Crippen LogP contribution in [-0.2, 0) is 20.5 Å². The largest absolute Gasteiger partial charge is 0.416 e. The maximum atomic E-state index is 12.8. The van der Waals surface area contributed by atoms with E-state index in [2.05, 4.69) is 12.6 Å². The lowest BCUT2D eigenvalue weighted by molar-refractivity contribution is -0.137. The van der Waals surface area contributed by atoms with E-state index in [4.69, 9.17) is 4.18 Å². The maximum absolute atomic E-state index is 12.8. The van der Waals surface area contributed by atoms with Gasteiger partial charge in [0.1, 0.15) is 12.3 Å². The first kappa shape index (κ1) is 23.0. The van der Waals surface area contributed by atoms with Crippen LogP contribution in [-0.4, -0.2) is 37.9 Å². The SMILES string of the molecule is C=CCN1C(C#N)C(c2ccc(-c3ccc(C(F)(F)F)cc3)cc2)C1OS(=O)(=O)CC. The number of alkyl halides is 3. The molecule has 1 aliphatic heterocycles. The Morgan fingerprint density at radius 3 is 2.13 bits per heavy atom. The van der Waals surface area contributed by atoms with E-state index in [1.807, 2.05) is 0 Å². The molecule has 3 atom stereocenters. The zero-order valence-electron chi connectivity index (χ0n) is 16.7. The van der Waals surface area contributed by atoms with Gasteiger partial charge in [-0.3, -0.25) is 4.90 Å². The van der Waals surface area contributed by atoms with Gasteiger partial charge in [-0.25, -0.2) is 4.18 Å². The van der Waals surface area contributed by atoms with E-state index in [9.17, 15) is 26.9 Å². The highest BCUT2D eigenvalue weighted by Crippen LogP contribution is 2.42. The second kappa shape index (κ2) is 8.83. The Kier molecular flexibility index (Phi) is 6.55. The zero-order valence-corrected chi connectivity index (χ0v) is 17.5. The monoisotopic (exact) mass is 450 g/mol. The molecule has 0 aliphatic carbocycles. The van der Waals surface area contributed by atoms with Crippen molar-refractivity contribution in [3.8, 4) is 17.2 Å². The van der Waals surface area contributed by atoms with Gasteiger partial charge in [0.15, 0.2) is 0 Å². The lowest BCUT2D eigenvalue weighted by atomic mass is 9.80. The van der Waals surface area contributed by atoms with E-state index in [-0.39, 0.29) is 5.75 Å². The number of benzene rings is 2. The first-order valence-corrected chi connectivity index (χ1v) is 11.1. The van der Waals surface area contributed by atoms with Crippen molar-refractivity contribution in [3.05, 3.63) is 72.3 Å². The summed E-state index contributed by atoms with van der Waals surface area (Å²) in [6.45, 7) is 5.41. The highest BCUT2D eigenvalue weighted by molar-refractivity contribution is 7.86. The average Bonchev–Trinajstić information content (AvgIpc) is 2.74. The molecular weight excluding hydrogens is 429 g/mol. The fourth-order valence-electron chi connectivity index (χ4n) is 3.58. The summed E-state index contributed by atoms with van der Waals surface area (Å²) < 4.78 is 67.7. The average molecular weight is 450 g/mol. The normalized spacial score (nSPS) is 21.8. The van der Waals surface area contributed by atoms with E-state index >= 15 is 0 Å². The van der Waals surface area contributed by atoms with Gasteiger partial charge >= 0.3 is 6.18 Å². The van der Waals surface area contributed by atoms with Crippen molar-refractivity contribution in [1.82, 2.24) is 4.90 Å². The third-order valence-electron chi connectivity index (χ3n) is 5.24. The fourth-order valence-corrected chi connectivity index (χ4v) is 4.24. The number of halogens is 3. The number of hydrogen-bond donors (Lipinski definition) is 0. The van der Waals surface area contributed by atoms with Crippen molar-refractivity contribution >= 4 is 10.1 Å². The molecule has 3 rings (SSSR count). The number of rotatable bonds is 7. The maximum Gasteiger partial charge on any atom is 0.416 e. The van der Waals surface area contributed by atoms with E-state index in [1.165, 1.54) is 19.1 Å². The van der Waals surface area contributed by atoms with Crippen molar-refractivity contribution in [2.75, 3.05) is 12.3 Å². The number of hydrogen-bond acceptors (Lipinski definition) is 5. The molecule has 1 aliphatic rings. The molecule has 0 bridgehead atoms. The molecule has 164 valence electrons. The Bertz CT molecular complexity index is 1070. The topological polar surface area (TPSA) is 70.4 Å². The second-order valence-corrected chi connectivity index (χ2v) is 9.00. The summed E-state index contributed by atoms with van der Waals surface area (Å²) in [5, 5.41) is 9.59. The van der Waals surface area contributed by atoms with Gasteiger partial charge in [-0.15, -0.1) is 6.58 Å². The standard InChI is InChI=1S/C22H21F3N2O3S/c1-3-13-27-19(14-26)20(21(27)30-31(28,29)4-2)17-7-5-15(6-8-17)16-9-11-18(12-10-16)22(23,24)25/h3,5-12,19-21H,1,4,13H2,2H3. The molecule has 0 aromatic heterocycles. The molecule has 3 unspecified atom stereocenters. The first-order chi connectivity index (χ1) is 14.6. The minimum atomic E-state index is -4.40. The number of nitrogens with zero attached hydrogens (tertiary/aromatic N) is 2. The van der Waals surface area contributed by atoms with Gasteiger partial charge in [-0.1, -0.05) is 42.5 Å². The van der Waals surface area contributed by atoms with Gasteiger partial charge in [-0.05, 0) is 35.7 Å². The molecule has 31 heavy (non-hydrogen) atoms. The summed E-state index contributed by atoms with van der Waals surface area (Å²) in [5.74, 6) is -0.685. The van der Waals surface area contributed by atoms with Gasteiger partial charge in [0.2, 0.25) is 0 Å². The van der Waals surface area contributed by atoms with Crippen LogP contribution in [0.4, 0.5) is 13.2 Å². The summed E-state index contributed by atoms with van der Waals surface area (Å²) in [4.78, 5) is 1.62. The van der Waals surface area contributed by atoms with Crippen LogP contribution in [0.2, 0.25) is 0 Å². The van der Waals surface area contributed by atoms with E-state index < -0.39 is 40.0 Å². The summed E-state index contributed by atoms with van der Waals surface area (Å²) in [7, 11) is -3.75. The molecule has 0 N–H and O–H groups in total. The number of nitriles is 1. The minimum absolute atomic E-state index is 0.192. The predicted molar refractivity (Wildman–Crippen MR) is 110 cm³/mol. The highest BCUT2D eigenvalue weighted by atomic mass is 32.2. The van der Waals surface area contributed by atoms with Crippen molar-refractivity contribution in [2.45, 2.75) is 31.3 Å². The number of likely N-dealkylation sites (tertiary alicyclic amines) is 1. The van der Waals surface area contributed by atoms with Crippen molar-refractivity contribution < 1.29 is 25.8 Å². The highest BCUT2D eigenvalue weighted by Gasteiger charge is 2.51. The smallest absolute Gasteiger partial charge is 0.256 e. The molecule has 0 radical (unpaired) electrons. The van der Waals surface area contributed by atoms with Crippen molar-refractivity contribution in [2.24, 2.45) is 0 Å². The minimum Gasteiger partial charge on any atom is -0.256 e. The fraction of sp³-hybridized carbons (Fsp3) is 0.318. The van der Waals surface area contributed by atoms with Crippen LogP contribution >= 0.6 is 0 Å². The Hall–Kier alpha value is -2.67. The van der Waals surface area contributed by atoms with Gasteiger partial charge in [0.25, 0.3) is 10.1 Å². The van der Waals surface area contributed by atoms with E-state index in [0.717, 1.165) is 12.1 Å². The predicted octanol–water partition coefficient (Wildman–Crippen LogP) is 4.54. The molecule has 1 saturated heterocycles. The summed E-state index contributed by atoms with van der Waals surface area (Å²) in [6, 6.07) is 13.4. The molecule has 2 aromatic rings. The third-order valence-corrected chi connectivity index (χ3v) is 6.44. The lowest BCUT2D eigenvalue weighted by Gasteiger charge is -2.50. The molecule has 0 spiro atoms. The second-order valence-electron chi connectivity index (χ2n) is 7.12. The van der Waals surface area contributed by atoms with E-state index in [0.29, 0.717) is 23.2 Å². The van der Waals surface area contributed by atoms with Gasteiger partial charge in [-0.2, -0.15) is 26.9 Å².